The van der Waals surface area contributed by atoms with Gasteiger partial charge in [0, 0.05) is 12.8 Å². The Balaban J connectivity index is 3.33. The van der Waals surface area contributed by atoms with Crippen molar-refractivity contribution in [2.45, 2.75) is 111 Å². The fourth-order valence-electron chi connectivity index (χ4n) is 2.65. The molecule has 0 fully saturated rings. The first-order valence-corrected chi connectivity index (χ1v) is 10.9. The zero-order valence-corrected chi connectivity index (χ0v) is 17.5. The van der Waals surface area contributed by atoms with Crippen molar-refractivity contribution in [1.82, 2.24) is 0 Å². The summed E-state index contributed by atoms with van der Waals surface area (Å²) in [6.07, 6.45) is 14.8. The topological polar surface area (TPSA) is 52.6 Å². The largest absolute Gasteiger partial charge is 0.466 e. The third-order valence-corrected chi connectivity index (χ3v) is 4.75. The summed E-state index contributed by atoms with van der Waals surface area (Å²) in [5.74, 6) is -0.0200. The summed E-state index contributed by atoms with van der Waals surface area (Å²) < 4.78 is 10.4. The van der Waals surface area contributed by atoms with Gasteiger partial charge in [-0.3, -0.25) is 9.59 Å². The van der Waals surface area contributed by atoms with E-state index in [4.69, 9.17) is 9.47 Å². The van der Waals surface area contributed by atoms with Crippen LogP contribution in [-0.4, -0.2) is 25.2 Å². The lowest BCUT2D eigenvalue weighted by Crippen LogP contribution is -2.12. The summed E-state index contributed by atoms with van der Waals surface area (Å²) in [6, 6.07) is 0. The van der Waals surface area contributed by atoms with Crippen LogP contribution in [0.15, 0.2) is 0 Å². The molecule has 1 unspecified atom stereocenters. The van der Waals surface area contributed by atoms with Gasteiger partial charge in [-0.1, -0.05) is 85.0 Å². The number of unbranched alkanes of at least 4 members (excludes halogenated alkanes) is 9. The van der Waals surface area contributed by atoms with Crippen molar-refractivity contribution in [2.24, 2.45) is 5.92 Å². The molecule has 0 bridgehead atoms. The molecule has 0 amide bonds. The SMILES string of the molecule is CCCCCCCCCCCCOC(=O)CCCC(=O)OCC(C)CC. The van der Waals surface area contributed by atoms with Crippen molar-refractivity contribution >= 4 is 11.9 Å². The first-order chi connectivity index (χ1) is 12.6. The van der Waals surface area contributed by atoms with Gasteiger partial charge in [-0.2, -0.15) is 0 Å². The number of ether oxygens (including phenoxy) is 2. The van der Waals surface area contributed by atoms with Crippen molar-refractivity contribution in [3.63, 3.8) is 0 Å². The third-order valence-electron chi connectivity index (χ3n) is 4.75. The lowest BCUT2D eigenvalue weighted by Gasteiger charge is -2.09. The smallest absolute Gasteiger partial charge is 0.305 e. The molecule has 0 saturated carbocycles. The molecule has 4 heteroatoms. The second-order valence-corrected chi connectivity index (χ2v) is 7.45. The predicted octanol–water partition coefficient (Wildman–Crippen LogP) is 6.21. The van der Waals surface area contributed by atoms with E-state index in [0.29, 0.717) is 38.4 Å². The lowest BCUT2D eigenvalue weighted by molar-refractivity contribution is -0.146. The Morgan fingerprint density at radius 1 is 0.692 bits per heavy atom. The minimum Gasteiger partial charge on any atom is -0.466 e. The number of hydrogen-bond acceptors (Lipinski definition) is 4. The predicted molar refractivity (Wildman–Crippen MR) is 107 cm³/mol. The van der Waals surface area contributed by atoms with E-state index in [1.165, 1.54) is 51.4 Å². The first kappa shape index (κ1) is 24.9. The molecule has 0 aromatic rings. The van der Waals surface area contributed by atoms with Crippen LogP contribution in [0.2, 0.25) is 0 Å². The van der Waals surface area contributed by atoms with Crippen LogP contribution < -0.4 is 0 Å². The van der Waals surface area contributed by atoms with Crippen LogP contribution >= 0.6 is 0 Å². The molecule has 26 heavy (non-hydrogen) atoms. The van der Waals surface area contributed by atoms with Crippen LogP contribution in [0.3, 0.4) is 0 Å². The minimum absolute atomic E-state index is 0.198. The maximum Gasteiger partial charge on any atom is 0.305 e. The van der Waals surface area contributed by atoms with Gasteiger partial charge in [0.15, 0.2) is 0 Å². The van der Waals surface area contributed by atoms with Crippen molar-refractivity contribution in [3.05, 3.63) is 0 Å². The van der Waals surface area contributed by atoms with Crippen LogP contribution in [0.5, 0.6) is 0 Å². The molecule has 4 nitrogen and oxygen atoms in total. The molecule has 0 radical (unpaired) electrons. The minimum atomic E-state index is -0.215. The highest BCUT2D eigenvalue weighted by molar-refractivity contribution is 5.72. The van der Waals surface area contributed by atoms with Crippen molar-refractivity contribution in [2.75, 3.05) is 13.2 Å². The molecule has 0 saturated heterocycles. The Bertz CT molecular complexity index is 341. The first-order valence-electron chi connectivity index (χ1n) is 10.9. The standard InChI is InChI=1S/C22H42O4/c1-4-6-7-8-9-10-11-12-13-14-18-25-21(23)16-15-17-22(24)26-19-20(3)5-2/h20H,4-19H2,1-3H3. The highest BCUT2D eigenvalue weighted by atomic mass is 16.5. The lowest BCUT2D eigenvalue weighted by atomic mass is 10.1. The van der Waals surface area contributed by atoms with E-state index in [1.807, 2.05) is 0 Å². The van der Waals surface area contributed by atoms with Gasteiger partial charge in [0.2, 0.25) is 0 Å². The molecule has 0 N–H and O–H groups in total. The van der Waals surface area contributed by atoms with E-state index in [2.05, 4.69) is 20.8 Å². The van der Waals surface area contributed by atoms with E-state index in [9.17, 15) is 9.59 Å². The van der Waals surface area contributed by atoms with Crippen LogP contribution in [0.1, 0.15) is 111 Å². The Labute approximate surface area is 161 Å². The Morgan fingerprint density at radius 2 is 1.19 bits per heavy atom. The molecule has 0 spiro atoms. The van der Waals surface area contributed by atoms with Gasteiger partial charge in [-0.25, -0.2) is 0 Å². The maximum atomic E-state index is 11.6. The Morgan fingerprint density at radius 3 is 1.73 bits per heavy atom. The number of rotatable bonds is 18. The van der Waals surface area contributed by atoms with Crippen molar-refractivity contribution < 1.29 is 19.1 Å². The zero-order chi connectivity index (χ0) is 19.5. The highest BCUT2D eigenvalue weighted by Crippen LogP contribution is 2.11. The molecule has 0 aromatic carbocycles. The molecule has 154 valence electrons. The summed E-state index contributed by atoms with van der Waals surface area (Å²) in [4.78, 5) is 23.2. The molecular formula is C22H42O4. The van der Waals surface area contributed by atoms with E-state index in [0.717, 1.165) is 19.3 Å². The third kappa shape index (κ3) is 17.8. The van der Waals surface area contributed by atoms with Gasteiger partial charge in [0.05, 0.1) is 13.2 Å². The number of carbonyl (C=O) groups excluding carboxylic acids is 2. The maximum absolute atomic E-state index is 11.6. The van der Waals surface area contributed by atoms with Gasteiger partial charge in [0.1, 0.15) is 0 Å². The summed E-state index contributed by atoms with van der Waals surface area (Å²) in [6.45, 7) is 7.35. The normalized spacial score (nSPS) is 12.0. The molecule has 0 aliphatic carbocycles. The quantitative estimate of drug-likeness (QED) is 0.212. The van der Waals surface area contributed by atoms with Crippen LogP contribution in [0.4, 0.5) is 0 Å². The van der Waals surface area contributed by atoms with Gasteiger partial charge < -0.3 is 9.47 Å². The number of carbonyl (C=O) groups is 2. The van der Waals surface area contributed by atoms with Gasteiger partial charge in [0.25, 0.3) is 0 Å². The van der Waals surface area contributed by atoms with Gasteiger partial charge in [-0.15, -0.1) is 0 Å². The van der Waals surface area contributed by atoms with Gasteiger partial charge >= 0.3 is 11.9 Å². The summed E-state index contributed by atoms with van der Waals surface area (Å²) in [5, 5.41) is 0. The van der Waals surface area contributed by atoms with Crippen LogP contribution in [-0.2, 0) is 19.1 Å². The second-order valence-electron chi connectivity index (χ2n) is 7.45. The second kappa shape index (κ2) is 18.7. The average molecular weight is 371 g/mol. The molecule has 1 atom stereocenters. The van der Waals surface area contributed by atoms with Crippen LogP contribution in [0.25, 0.3) is 0 Å². The molecule has 0 rings (SSSR count). The molecular weight excluding hydrogens is 328 g/mol. The molecule has 0 aliphatic rings. The number of esters is 2. The number of hydrogen-bond donors (Lipinski definition) is 0. The summed E-state index contributed by atoms with van der Waals surface area (Å²) in [5.41, 5.74) is 0. The summed E-state index contributed by atoms with van der Waals surface area (Å²) in [7, 11) is 0. The molecule has 0 aliphatic heterocycles. The molecule has 0 heterocycles. The van der Waals surface area contributed by atoms with E-state index < -0.39 is 0 Å². The Hall–Kier alpha value is -1.06. The van der Waals surface area contributed by atoms with Gasteiger partial charge in [-0.05, 0) is 18.8 Å². The van der Waals surface area contributed by atoms with Crippen molar-refractivity contribution in [1.29, 1.82) is 0 Å². The fourth-order valence-corrected chi connectivity index (χ4v) is 2.65. The summed E-state index contributed by atoms with van der Waals surface area (Å²) >= 11 is 0. The van der Waals surface area contributed by atoms with E-state index in [1.54, 1.807) is 0 Å². The molecule has 0 aromatic heterocycles. The van der Waals surface area contributed by atoms with Crippen molar-refractivity contribution in [3.8, 4) is 0 Å². The Kier molecular flexibility index (Phi) is 18.0. The van der Waals surface area contributed by atoms with E-state index >= 15 is 0 Å². The fraction of sp³-hybridized carbons (Fsp3) is 0.909. The zero-order valence-electron chi connectivity index (χ0n) is 17.5. The van der Waals surface area contributed by atoms with E-state index in [-0.39, 0.29) is 11.9 Å². The van der Waals surface area contributed by atoms with Crippen LogP contribution in [0, 0.1) is 5.92 Å². The highest BCUT2D eigenvalue weighted by Gasteiger charge is 2.08. The monoisotopic (exact) mass is 370 g/mol. The average Bonchev–Trinajstić information content (AvgIpc) is 2.64.